The van der Waals surface area contributed by atoms with Crippen molar-refractivity contribution < 1.29 is 4.42 Å². The quantitative estimate of drug-likeness (QED) is 0.741. The summed E-state index contributed by atoms with van der Waals surface area (Å²) in [7, 11) is 0. The Labute approximate surface area is 135 Å². The summed E-state index contributed by atoms with van der Waals surface area (Å²) in [6, 6.07) is 8.90. The highest BCUT2D eigenvalue weighted by Crippen LogP contribution is 2.33. The van der Waals surface area contributed by atoms with Crippen LogP contribution in [0.5, 0.6) is 0 Å². The summed E-state index contributed by atoms with van der Waals surface area (Å²) < 4.78 is 8.12. The van der Waals surface area contributed by atoms with Crippen LogP contribution in [0.2, 0.25) is 0 Å². The van der Waals surface area contributed by atoms with E-state index in [2.05, 4.69) is 28.3 Å². The molecule has 23 heavy (non-hydrogen) atoms. The van der Waals surface area contributed by atoms with Gasteiger partial charge in [0.1, 0.15) is 11.3 Å². The van der Waals surface area contributed by atoms with Crippen molar-refractivity contribution >= 4 is 11.2 Å². The van der Waals surface area contributed by atoms with Crippen molar-refractivity contribution in [3.63, 3.8) is 0 Å². The maximum atomic E-state index is 5.85. The zero-order chi connectivity index (χ0) is 16.0. The van der Waals surface area contributed by atoms with Crippen molar-refractivity contribution in [3.05, 3.63) is 36.2 Å². The van der Waals surface area contributed by atoms with Crippen LogP contribution in [-0.4, -0.2) is 38.6 Å². The molecule has 1 fully saturated rings. The number of imidazole rings is 1. The predicted octanol–water partition coefficient (Wildman–Crippen LogP) is 3.65. The summed E-state index contributed by atoms with van der Waals surface area (Å²) in [5.74, 6) is 2.62. The molecule has 3 aromatic heterocycles. The second kappa shape index (κ2) is 5.49. The van der Waals surface area contributed by atoms with Crippen molar-refractivity contribution in [1.82, 2.24) is 19.4 Å². The number of aromatic nitrogens is 3. The summed E-state index contributed by atoms with van der Waals surface area (Å²) in [6.07, 6.45) is 2.96. The number of hydrogen-bond donors (Lipinski definition) is 0. The summed E-state index contributed by atoms with van der Waals surface area (Å²) in [4.78, 5) is 11.9. The third kappa shape index (κ3) is 2.45. The molecule has 0 bridgehead atoms. The average Bonchev–Trinajstić information content (AvgIpc) is 3.23. The fourth-order valence-electron chi connectivity index (χ4n) is 3.45. The molecule has 1 saturated heterocycles. The SMILES string of the molecule is Cc1ccc(-c2nc3cccnc3n2C2CCN(C(C)C)C2)o1. The highest BCUT2D eigenvalue weighted by Gasteiger charge is 2.30. The number of nitrogens with zero attached hydrogens (tertiary/aromatic N) is 4. The van der Waals surface area contributed by atoms with Crippen LogP contribution in [0.4, 0.5) is 0 Å². The highest BCUT2D eigenvalue weighted by atomic mass is 16.3. The van der Waals surface area contributed by atoms with E-state index >= 15 is 0 Å². The van der Waals surface area contributed by atoms with E-state index in [9.17, 15) is 0 Å². The molecule has 5 nitrogen and oxygen atoms in total. The highest BCUT2D eigenvalue weighted by molar-refractivity contribution is 5.76. The molecule has 1 aliphatic rings. The maximum absolute atomic E-state index is 5.85. The van der Waals surface area contributed by atoms with Gasteiger partial charge in [0, 0.05) is 25.3 Å². The van der Waals surface area contributed by atoms with Crippen LogP contribution in [0.25, 0.3) is 22.7 Å². The van der Waals surface area contributed by atoms with Gasteiger partial charge in [-0.05, 0) is 51.5 Å². The lowest BCUT2D eigenvalue weighted by Crippen LogP contribution is -2.28. The minimum Gasteiger partial charge on any atom is -0.458 e. The molecule has 0 aromatic carbocycles. The third-order valence-corrected chi connectivity index (χ3v) is 4.70. The monoisotopic (exact) mass is 310 g/mol. The lowest BCUT2D eigenvalue weighted by atomic mass is 10.2. The normalized spacial score (nSPS) is 19.2. The van der Waals surface area contributed by atoms with Crippen LogP contribution >= 0.6 is 0 Å². The summed E-state index contributed by atoms with van der Waals surface area (Å²) in [5.41, 5.74) is 1.88. The van der Waals surface area contributed by atoms with Gasteiger partial charge in [0.2, 0.25) is 0 Å². The van der Waals surface area contributed by atoms with E-state index in [1.54, 1.807) is 0 Å². The Hall–Kier alpha value is -2.14. The molecule has 4 heterocycles. The Morgan fingerprint density at radius 2 is 2.13 bits per heavy atom. The molecular formula is C18H22N4O. The van der Waals surface area contributed by atoms with Crippen molar-refractivity contribution in [2.45, 2.75) is 39.3 Å². The Balaban J connectivity index is 1.84. The molecule has 1 atom stereocenters. The second-order valence-electron chi connectivity index (χ2n) is 6.59. The smallest absolute Gasteiger partial charge is 0.178 e. The van der Waals surface area contributed by atoms with Gasteiger partial charge in [0.25, 0.3) is 0 Å². The first-order valence-corrected chi connectivity index (χ1v) is 8.27. The number of hydrogen-bond acceptors (Lipinski definition) is 4. The topological polar surface area (TPSA) is 47.1 Å². The number of rotatable bonds is 3. The molecule has 3 aromatic rings. The van der Waals surface area contributed by atoms with E-state index in [0.717, 1.165) is 48.0 Å². The first-order valence-electron chi connectivity index (χ1n) is 8.27. The van der Waals surface area contributed by atoms with Gasteiger partial charge in [-0.1, -0.05) is 0 Å². The van der Waals surface area contributed by atoms with Crippen LogP contribution < -0.4 is 0 Å². The summed E-state index contributed by atoms with van der Waals surface area (Å²) in [5, 5.41) is 0. The van der Waals surface area contributed by atoms with Gasteiger partial charge in [-0.25, -0.2) is 9.97 Å². The van der Waals surface area contributed by atoms with Gasteiger partial charge in [0.05, 0.1) is 6.04 Å². The number of fused-ring (bicyclic) bond motifs is 1. The van der Waals surface area contributed by atoms with Gasteiger partial charge in [-0.2, -0.15) is 0 Å². The second-order valence-corrected chi connectivity index (χ2v) is 6.59. The van der Waals surface area contributed by atoms with E-state index in [-0.39, 0.29) is 0 Å². The molecular weight excluding hydrogens is 288 g/mol. The van der Waals surface area contributed by atoms with E-state index in [1.807, 2.05) is 37.4 Å². The van der Waals surface area contributed by atoms with Crippen molar-refractivity contribution in [2.75, 3.05) is 13.1 Å². The first kappa shape index (κ1) is 14.5. The van der Waals surface area contributed by atoms with E-state index in [0.29, 0.717) is 12.1 Å². The van der Waals surface area contributed by atoms with Crippen molar-refractivity contribution in [3.8, 4) is 11.6 Å². The number of likely N-dealkylation sites (tertiary alicyclic amines) is 1. The molecule has 0 spiro atoms. The minimum atomic E-state index is 0.387. The number of pyridine rings is 1. The van der Waals surface area contributed by atoms with Gasteiger partial charge >= 0.3 is 0 Å². The lowest BCUT2D eigenvalue weighted by molar-refractivity contribution is 0.266. The van der Waals surface area contributed by atoms with Crippen LogP contribution in [0.3, 0.4) is 0 Å². The zero-order valence-electron chi connectivity index (χ0n) is 13.9. The van der Waals surface area contributed by atoms with E-state index < -0.39 is 0 Å². The molecule has 1 unspecified atom stereocenters. The molecule has 120 valence electrons. The maximum Gasteiger partial charge on any atom is 0.178 e. The predicted molar refractivity (Wildman–Crippen MR) is 90.3 cm³/mol. The number of aryl methyl sites for hydroxylation is 1. The standard InChI is InChI=1S/C18H22N4O/c1-12(2)21-10-8-14(11-21)22-17-15(5-4-9-19-17)20-18(22)16-7-6-13(3)23-16/h4-7,9,12,14H,8,10-11H2,1-3H3. The molecule has 0 saturated carbocycles. The Morgan fingerprint density at radius 1 is 1.26 bits per heavy atom. The third-order valence-electron chi connectivity index (χ3n) is 4.70. The zero-order valence-corrected chi connectivity index (χ0v) is 13.9. The average molecular weight is 310 g/mol. The van der Waals surface area contributed by atoms with Crippen molar-refractivity contribution in [2.24, 2.45) is 0 Å². The van der Waals surface area contributed by atoms with Crippen LogP contribution in [-0.2, 0) is 0 Å². The Bertz CT molecular complexity index is 833. The van der Waals surface area contributed by atoms with E-state index in [1.165, 1.54) is 0 Å². The summed E-state index contributed by atoms with van der Waals surface area (Å²) in [6.45, 7) is 8.62. The van der Waals surface area contributed by atoms with Gasteiger partial charge in [-0.3, -0.25) is 4.90 Å². The first-order chi connectivity index (χ1) is 11.1. The number of furan rings is 1. The molecule has 0 amide bonds. The molecule has 1 aliphatic heterocycles. The fourth-order valence-corrected chi connectivity index (χ4v) is 3.45. The lowest BCUT2D eigenvalue weighted by Gasteiger charge is -2.21. The van der Waals surface area contributed by atoms with E-state index in [4.69, 9.17) is 9.40 Å². The Morgan fingerprint density at radius 3 is 2.83 bits per heavy atom. The molecule has 5 heteroatoms. The van der Waals surface area contributed by atoms with Gasteiger partial charge in [0.15, 0.2) is 17.2 Å². The Kier molecular flexibility index (Phi) is 3.45. The molecule has 4 rings (SSSR count). The van der Waals surface area contributed by atoms with Crippen LogP contribution in [0.15, 0.2) is 34.9 Å². The summed E-state index contributed by atoms with van der Waals surface area (Å²) >= 11 is 0. The van der Waals surface area contributed by atoms with Gasteiger partial charge < -0.3 is 8.98 Å². The van der Waals surface area contributed by atoms with Crippen molar-refractivity contribution in [1.29, 1.82) is 0 Å². The van der Waals surface area contributed by atoms with Crippen LogP contribution in [0.1, 0.15) is 32.1 Å². The molecule has 0 aliphatic carbocycles. The van der Waals surface area contributed by atoms with Crippen LogP contribution in [0, 0.1) is 6.92 Å². The molecule has 0 radical (unpaired) electrons. The molecule has 0 N–H and O–H groups in total. The largest absolute Gasteiger partial charge is 0.458 e. The fraction of sp³-hybridized carbons (Fsp3) is 0.444. The minimum absolute atomic E-state index is 0.387. The van der Waals surface area contributed by atoms with Gasteiger partial charge in [-0.15, -0.1) is 0 Å².